The van der Waals surface area contributed by atoms with E-state index in [1.807, 2.05) is 6.92 Å². The molecule has 2 rings (SSSR count). The van der Waals surface area contributed by atoms with Crippen molar-refractivity contribution in [3.63, 3.8) is 0 Å². The van der Waals surface area contributed by atoms with E-state index >= 15 is 0 Å². The van der Waals surface area contributed by atoms with E-state index < -0.39 is 0 Å². The minimum absolute atomic E-state index is 0.384. The largest absolute Gasteiger partial charge is 0.464 e. The summed E-state index contributed by atoms with van der Waals surface area (Å²) < 4.78 is 5.42. The second-order valence-electron chi connectivity index (χ2n) is 5.28. The Labute approximate surface area is 120 Å². The predicted octanol–water partition coefficient (Wildman–Crippen LogP) is 2.69. The van der Waals surface area contributed by atoms with Crippen LogP contribution in [0.15, 0.2) is 0 Å². The van der Waals surface area contributed by atoms with E-state index in [-0.39, 0.29) is 0 Å². The van der Waals surface area contributed by atoms with Gasteiger partial charge in [-0.2, -0.15) is 15.0 Å². The van der Waals surface area contributed by atoms with Crippen molar-refractivity contribution in [3.8, 4) is 6.01 Å². The Balaban J connectivity index is 2.10. The van der Waals surface area contributed by atoms with E-state index in [4.69, 9.17) is 4.74 Å². The molecule has 1 aliphatic rings. The molecule has 6 heteroatoms. The lowest BCUT2D eigenvalue weighted by molar-refractivity contribution is 0.312. The highest BCUT2D eigenvalue weighted by Gasteiger charge is 2.24. The lowest BCUT2D eigenvalue weighted by Crippen LogP contribution is -2.24. The summed E-state index contributed by atoms with van der Waals surface area (Å²) in [6.07, 6.45) is 4.73. The van der Waals surface area contributed by atoms with Gasteiger partial charge in [0, 0.05) is 12.6 Å². The summed E-state index contributed by atoms with van der Waals surface area (Å²) in [5.74, 6) is 1.86. The van der Waals surface area contributed by atoms with Crippen molar-refractivity contribution in [2.75, 3.05) is 23.8 Å². The van der Waals surface area contributed by atoms with Crippen LogP contribution >= 0.6 is 0 Å². The zero-order valence-electron chi connectivity index (χ0n) is 12.6. The van der Waals surface area contributed by atoms with Crippen LogP contribution in [0.5, 0.6) is 6.01 Å². The molecule has 2 unspecified atom stereocenters. The van der Waals surface area contributed by atoms with Crippen molar-refractivity contribution < 1.29 is 4.74 Å². The second kappa shape index (κ2) is 7.26. The van der Waals surface area contributed by atoms with Gasteiger partial charge in [-0.05, 0) is 32.1 Å². The molecule has 2 atom stereocenters. The number of anilines is 2. The number of hydrogen-bond donors (Lipinski definition) is 2. The third-order valence-corrected chi connectivity index (χ3v) is 3.60. The average Bonchev–Trinajstić information content (AvgIpc) is 2.82. The van der Waals surface area contributed by atoms with Crippen LogP contribution < -0.4 is 15.4 Å². The maximum atomic E-state index is 5.42. The van der Waals surface area contributed by atoms with Gasteiger partial charge in [0.15, 0.2) is 0 Å². The van der Waals surface area contributed by atoms with Gasteiger partial charge < -0.3 is 15.4 Å². The Morgan fingerprint density at radius 3 is 2.60 bits per heavy atom. The molecule has 0 saturated heterocycles. The van der Waals surface area contributed by atoms with Gasteiger partial charge in [-0.3, -0.25) is 0 Å². The molecule has 0 aromatic carbocycles. The summed E-state index contributed by atoms with van der Waals surface area (Å²) in [7, 11) is 0. The Morgan fingerprint density at radius 1 is 1.15 bits per heavy atom. The van der Waals surface area contributed by atoms with Crippen LogP contribution in [0.3, 0.4) is 0 Å². The van der Waals surface area contributed by atoms with E-state index in [1.54, 1.807) is 0 Å². The molecule has 0 amide bonds. The number of hydrogen-bond acceptors (Lipinski definition) is 6. The van der Waals surface area contributed by atoms with Crippen molar-refractivity contribution in [3.05, 3.63) is 0 Å². The Hall–Kier alpha value is -1.59. The first-order valence-corrected chi connectivity index (χ1v) is 7.62. The summed E-state index contributed by atoms with van der Waals surface area (Å²) in [6, 6.07) is 0.833. The normalized spacial score (nSPS) is 21.8. The van der Waals surface area contributed by atoms with Crippen LogP contribution in [0, 0.1) is 5.92 Å². The number of nitrogens with one attached hydrogen (secondary N) is 2. The van der Waals surface area contributed by atoms with Gasteiger partial charge in [0.1, 0.15) is 0 Å². The van der Waals surface area contributed by atoms with Gasteiger partial charge in [-0.15, -0.1) is 0 Å². The molecular formula is C14H25N5O. The second-order valence-corrected chi connectivity index (χ2v) is 5.28. The summed E-state index contributed by atoms with van der Waals surface area (Å²) in [5.41, 5.74) is 0. The molecule has 6 nitrogen and oxygen atoms in total. The number of ether oxygens (including phenoxy) is 1. The van der Waals surface area contributed by atoms with E-state index in [9.17, 15) is 0 Å². The topological polar surface area (TPSA) is 72.0 Å². The number of nitrogens with zero attached hydrogens (tertiary/aromatic N) is 3. The molecule has 1 aromatic rings. The third-order valence-electron chi connectivity index (χ3n) is 3.60. The highest BCUT2D eigenvalue weighted by atomic mass is 16.5. The standard InChI is InChI=1S/C14H25N5O/c1-4-9-15-12-17-13(19-14(18-12)20-5-2)16-11-8-6-7-10(11)3/h10-11H,4-9H2,1-3H3,(H2,15,16,17,18,19). The molecule has 1 fully saturated rings. The first kappa shape index (κ1) is 14.8. The smallest absolute Gasteiger partial charge is 0.323 e. The Kier molecular flexibility index (Phi) is 5.38. The van der Waals surface area contributed by atoms with Gasteiger partial charge >= 0.3 is 6.01 Å². The quantitative estimate of drug-likeness (QED) is 0.799. The SMILES string of the molecule is CCCNc1nc(NC2CCCC2C)nc(OCC)n1. The summed E-state index contributed by atoms with van der Waals surface area (Å²) >= 11 is 0. The number of aromatic nitrogens is 3. The van der Waals surface area contributed by atoms with E-state index in [0.29, 0.717) is 36.5 Å². The summed E-state index contributed by atoms with van der Waals surface area (Å²) in [6.45, 7) is 7.70. The van der Waals surface area contributed by atoms with Crippen LogP contribution in [0.2, 0.25) is 0 Å². The van der Waals surface area contributed by atoms with Gasteiger partial charge in [0.25, 0.3) is 0 Å². The van der Waals surface area contributed by atoms with Crippen molar-refractivity contribution in [1.82, 2.24) is 15.0 Å². The zero-order valence-corrected chi connectivity index (χ0v) is 12.6. The molecule has 2 N–H and O–H groups in total. The Bertz CT molecular complexity index is 426. The first-order valence-electron chi connectivity index (χ1n) is 7.62. The molecule has 20 heavy (non-hydrogen) atoms. The monoisotopic (exact) mass is 279 g/mol. The highest BCUT2D eigenvalue weighted by molar-refractivity contribution is 5.36. The molecule has 0 radical (unpaired) electrons. The summed E-state index contributed by atoms with van der Waals surface area (Å²) in [4.78, 5) is 13.0. The molecule has 1 heterocycles. The molecular weight excluding hydrogens is 254 g/mol. The average molecular weight is 279 g/mol. The van der Waals surface area contributed by atoms with Gasteiger partial charge in [0.2, 0.25) is 11.9 Å². The molecule has 1 aromatic heterocycles. The van der Waals surface area contributed by atoms with Crippen LogP contribution in [-0.4, -0.2) is 34.1 Å². The molecule has 0 spiro atoms. The fourth-order valence-electron chi connectivity index (χ4n) is 2.46. The van der Waals surface area contributed by atoms with Crippen molar-refractivity contribution >= 4 is 11.9 Å². The molecule has 1 saturated carbocycles. The third kappa shape index (κ3) is 3.95. The van der Waals surface area contributed by atoms with Crippen molar-refractivity contribution in [1.29, 1.82) is 0 Å². The fraction of sp³-hybridized carbons (Fsp3) is 0.786. The molecule has 0 bridgehead atoms. The molecule has 0 aliphatic heterocycles. The van der Waals surface area contributed by atoms with E-state index in [1.165, 1.54) is 19.3 Å². The minimum atomic E-state index is 0.384. The molecule has 1 aliphatic carbocycles. The van der Waals surface area contributed by atoms with Gasteiger partial charge in [0.05, 0.1) is 6.61 Å². The van der Waals surface area contributed by atoms with Crippen LogP contribution in [0.25, 0.3) is 0 Å². The lowest BCUT2D eigenvalue weighted by atomic mass is 10.1. The van der Waals surface area contributed by atoms with E-state index in [0.717, 1.165) is 13.0 Å². The van der Waals surface area contributed by atoms with E-state index in [2.05, 4.69) is 39.4 Å². The maximum absolute atomic E-state index is 5.42. The summed E-state index contributed by atoms with van der Waals surface area (Å²) in [5, 5.41) is 6.61. The maximum Gasteiger partial charge on any atom is 0.323 e. The van der Waals surface area contributed by atoms with Crippen LogP contribution in [-0.2, 0) is 0 Å². The number of rotatable bonds is 7. The van der Waals surface area contributed by atoms with Crippen LogP contribution in [0.1, 0.15) is 46.5 Å². The molecule has 112 valence electrons. The van der Waals surface area contributed by atoms with Gasteiger partial charge in [-0.25, -0.2) is 0 Å². The lowest BCUT2D eigenvalue weighted by Gasteiger charge is -2.17. The predicted molar refractivity (Wildman–Crippen MR) is 80.2 cm³/mol. The van der Waals surface area contributed by atoms with Crippen molar-refractivity contribution in [2.45, 2.75) is 52.5 Å². The fourth-order valence-corrected chi connectivity index (χ4v) is 2.46. The van der Waals surface area contributed by atoms with Crippen LogP contribution in [0.4, 0.5) is 11.9 Å². The van der Waals surface area contributed by atoms with Gasteiger partial charge in [-0.1, -0.05) is 20.3 Å². The van der Waals surface area contributed by atoms with Crippen molar-refractivity contribution in [2.24, 2.45) is 5.92 Å². The zero-order chi connectivity index (χ0) is 14.4. The minimum Gasteiger partial charge on any atom is -0.464 e. The Morgan fingerprint density at radius 2 is 1.95 bits per heavy atom. The first-order chi connectivity index (χ1) is 9.72. The highest BCUT2D eigenvalue weighted by Crippen LogP contribution is 2.27.